The smallest absolute Gasteiger partial charge is 0.360 e. The molecule has 0 fully saturated rings. The van der Waals surface area contributed by atoms with E-state index < -0.39 is 5.97 Å². The first-order valence-corrected chi connectivity index (χ1v) is 8.70. The first-order valence-electron chi connectivity index (χ1n) is 7.01. The number of thiophene rings is 1. The number of carbonyl (C=O) groups excluding carboxylic acids is 1. The Labute approximate surface area is 145 Å². The maximum Gasteiger partial charge on any atom is 0.360 e. The Bertz CT molecular complexity index is 862. The summed E-state index contributed by atoms with van der Waals surface area (Å²) in [6.07, 6.45) is 0.614. The van der Waals surface area contributed by atoms with Gasteiger partial charge in [0.2, 0.25) is 5.16 Å². The standard InChI is InChI=1S/C14H14N6O2S2/c1-3-7-12(17-9(10(15)16-7)13(21)22-2)24-14-18-11(19-20-14)8-5-4-6-23-8/h4-6H,3H2,1-2H3,(H2,15,16)(H,18,19,20). The molecule has 3 heterocycles. The molecule has 8 nitrogen and oxygen atoms in total. The number of methoxy groups -OCH3 is 1. The summed E-state index contributed by atoms with van der Waals surface area (Å²) in [5, 5.41) is 10.1. The molecule has 0 bridgehead atoms. The highest BCUT2D eigenvalue weighted by Crippen LogP contribution is 2.29. The first kappa shape index (κ1) is 16.4. The lowest BCUT2D eigenvalue weighted by molar-refractivity contribution is 0.0594. The van der Waals surface area contributed by atoms with Gasteiger partial charge in [-0.05, 0) is 29.6 Å². The van der Waals surface area contributed by atoms with E-state index in [0.717, 1.165) is 4.88 Å². The molecule has 0 aliphatic heterocycles. The number of hydrogen-bond donors (Lipinski definition) is 2. The van der Waals surface area contributed by atoms with Crippen molar-refractivity contribution < 1.29 is 9.53 Å². The van der Waals surface area contributed by atoms with Gasteiger partial charge in [0.1, 0.15) is 5.03 Å². The number of aromatic amines is 1. The minimum absolute atomic E-state index is 0.00813. The lowest BCUT2D eigenvalue weighted by atomic mass is 10.3. The number of anilines is 1. The molecule has 0 aliphatic rings. The monoisotopic (exact) mass is 362 g/mol. The first-order chi connectivity index (χ1) is 11.6. The van der Waals surface area contributed by atoms with E-state index >= 15 is 0 Å². The Morgan fingerprint density at radius 3 is 2.92 bits per heavy atom. The summed E-state index contributed by atoms with van der Waals surface area (Å²) >= 11 is 2.79. The van der Waals surface area contributed by atoms with Gasteiger partial charge in [0.05, 0.1) is 17.7 Å². The van der Waals surface area contributed by atoms with Crippen LogP contribution in [0.25, 0.3) is 10.7 Å². The van der Waals surface area contributed by atoms with Gasteiger partial charge in [-0.3, -0.25) is 5.10 Å². The molecule has 0 saturated heterocycles. The van der Waals surface area contributed by atoms with E-state index in [9.17, 15) is 4.79 Å². The summed E-state index contributed by atoms with van der Waals surface area (Å²) in [6.45, 7) is 1.93. The van der Waals surface area contributed by atoms with Gasteiger partial charge in [-0.25, -0.2) is 19.7 Å². The number of nitrogens with one attached hydrogen (secondary N) is 1. The fraction of sp³-hybridized carbons (Fsp3) is 0.214. The van der Waals surface area contributed by atoms with Crippen molar-refractivity contribution in [3.63, 3.8) is 0 Å². The molecular formula is C14H14N6O2S2. The van der Waals surface area contributed by atoms with E-state index in [4.69, 9.17) is 5.73 Å². The molecule has 3 rings (SSSR count). The van der Waals surface area contributed by atoms with Crippen LogP contribution >= 0.6 is 23.1 Å². The number of carbonyl (C=O) groups is 1. The van der Waals surface area contributed by atoms with Gasteiger partial charge < -0.3 is 10.5 Å². The normalized spacial score (nSPS) is 10.8. The number of esters is 1. The number of ether oxygens (including phenoxy) is 1. The van der Waals surface area contributed by atoms with Gasteiger partial charge in [-0.15, -0.1) is 16.4 Å². The fourth-order valence-electron chi connectivity index (χ4n) is 1.93. The van der Waals surface area contributed by atoms with Crippen LogP contribution in [-0.2, 0) is 11.2 Å². The Balaban J connectivity index is 1.93. The fourth-order valence-corrected chi connectivity index (χ4v) is 3.44. The molecule has 0 aromatic carbocycles. The van der Waals surface area contributed by atoms with Gasteiger partial charge in [0.15, 0.2) is 17.3 Å². The zero-order chi connectivity index (χ0) is 17.1. The van der Waals surface area contributed by atoms with Gasteiger partial charge in [0, 0.05) is 0 Å². The Kier molecular flexibility index (Phi) is 4.76. The molecule has 3 aromatic rings. The second kappa shape index (κ2) is 6.97. The molecule has 0 spiro atoms. The average molecular weight is 362 g/mol. The van der Waals surface area contributed by atoms with Crippen molar-refractivity contribution in [1.82, 2.24) is 25.1 Å². The van der Waals surface area contributed by atoms with Crippen LogP contribution in [-0.4, -0.2) is 38.2 Å². The van der Waals surface area contributed by atoms with Crippen LogP contribution in [0.5, 0.6) is 0 Å². The van der Waals surface area contributed by atoms with Crippen molar-refractivity contribution >= 4 is 34.9 Å². The largest absolute Gasteiger partial charge is 0.464 e. The molecule has 24 heavy (non-hydrogen) atoms. The molecule has 3 aromatic heterocycles. The van der Waals surface area contributed by atoms with Crippen molar-refractivity contribution in [3.8, 4) is 10.7 Å². The van der Waals surface area contributed by atoms with Crippen LogP contribution in [0.1, 0.15) is 23.1 Å². The molecule has 0 amide bonds. The second-order valence-corrected chi connectivity index (χ2v) is 6.50. The molecule has 0 aliphatic carbocycles. The molecule has 10 heteroatoms. The molecule has 124 valence electrons. The molecule has 0 radical (unpaired) electrons. The summed E-state index contributed by atoms with van der Waals surface area (Å²) in [7, 11) is 1.27. The van der Waals surface area contributed by atoms with E-state index in [1.54, 1.807) is 11.3 Å². The van der Waals surface area contributed by atoms with E-state index in [0.29, 0.717) is 28.1 Å². The highest BCUT2D eigenvalue weighted by molar-refractivity contribution is 7.99. The SMILES string of the molecule is CCc1nc(N)c(C(=O)OC)nc1Sc1n[nH]c(-c2cccs2)n1. The maximum atomic E-state index is 11.7. The minimum atomic E-state index is -0.626. The van der Waals surface area contributed by atoms with Gasteiger partial charge in [-0.1, -0.05) is 13.0 Å². The summed E-state index contributed by atoms with van der Waals surface area (Å²) in [5.41, 5.74) is 6.45. The van der Waals surface area contributed by atoms with Crippen molar-refractivity contribution in [2.24, 2.45) is 0 Å². The predicted molar refractivity (Wildman–Crippen MR) is 91.0 cm³/mol. The Hall–Kier alpha value is -2.46. The highest BCUT2D eigenvalue weighted by Gasteiger charge is 2.19. The van der Waals surface area contributed by atoms with E-state index in [1.165, 1.54) is 18.9 Å². The summed E-state index contributed by atoms with van der Waals surface area (Å²) in [5.74, 6) is 0.109. The zero-order valence-electron chi connectivity index (χ0n) is 12.9. The Morgan fingerprint density at radius 1 is 1.42 bits per heavy atom. The van der Waals surface area contributed by atoms with Gasteiger partial charge in [-0.2, -0.15) is 0 Å². The number of H-pyrrole nitrogens is 1. The topological polar surface area (TPSA) is 120 Å². The maximum absolute atomic E-state index is 11.7. The second-order valence-electron chi connectivity index (χ2n) is 4.60. The van der Waals surface area contributed by atoms with Gasteiger partial charge in [0.25, 0.3) is 0 Å². The number of aromatic nitrogens is 5. The van der Waals surface area contributed by atoms with E-state index in [1.807, 2.05) is 24.4 Å². The number of nitrogens with zero attached hydrogens (tertiary/aromatic N) is 4. The summed E-state index contributed by atoms with van der Waals surface area (Å²) in [4.78, 5) is 25.7. The summed E-state index contributed by atoms with van der Waals surface area (Å²) < 4.78 is 4.68. The number of rotatable bonds is 5. The number of hydrogen-bond acceptors (Lipinski definition) is 9. The van der Waals surface area contributed by atoms with Crippen molar-refractivity contribution in [2.75, 3.05) is 12.8 Å². The van der Waals surface area contributed by atoms with Crippen LogP contribution in [0.3, 0.4) is 0 Å². The van der Waals surface area contributed by atoms with Crippen LogP contribution < -0.4 is 5.73 Å². The van der Waals surface area contributed by atoms with Crippen molar-refractivity contribution in [1.29, 1.82) is 0 Å². The van der Waals surface area contributed by atoms with E-state index in [2.05, 4.69) is 29.9 Å². The number of nitrogen functional groups attached to an aromatic ring is 1. The van der Waals surface area contributed by atoms with Crippen molar-refractivity contribution in [3.05, 3.63) is 28.9 Å². The number of aryl methyl sites for hydroxylation is 1. The highest BCUT2D eigenvalue weighted by atomic mass is 32.2. The predicted octanol–water partition coefficient (Wildman–Crippen LogP) is 2.41. The summed E-state index contributed by atoms with van der Waals surface area (Å²) in [6, 6.07) is 3.90. The Morgan fingerprint density at radius 2 is 2.25 bits per heavy atom. The quantitative estimate of drug-likeness (QED) is 0.664. The number of nitrogens with two attached hydrogens (primary N) is 1. The van der Waals surface area contributed by atoms with Crippen LogP contribution in [0.15, 0.2) is 27.7 Å². The van der Waals surface area contributed by atoms with Crippen LogP contribution in [0.4, 0.5) is 5.82 Å². The molecular weight excluding hydrogens is 348 g/mol. The van der Waals surface area contributed by atoms with Crippen molar-refractivity contribution in [2.45, 2.75) is 23.5 Å². The lowest BCUT2D eigenvalue weighted by Crippen LogP contribution is -2.13. The third-order valence-corrected chi connectivity index (χ3v) is 4.84. The molecule has 3 N–H and O–H groups in total. The zero-order valence-corrected chi connectivity index (χ0v) is 14.6. The molecule has 0 atom stereocenters. The van der Waals surface area contributed by atoms with Crippen LogP contribution in [0, 0.1) is 0 Å². The minimum Gasteiger partial charge on any atom is -0.464 e. The van der Waals surface area contributed by atoms with E-state index in [-0.39, 0.29) is 11.5 Å². The molecule has 0 unspecified atom stereocenters. The van der Waals surface area contributed by atoms with Crippen LogP contribution in [0.2, 0.25) is 0 Å². The third-order valence-electron chi connectivity index (χ3n) is 3.08. The average Bonchev–Trinajstić information content (AvgIpc) is 3.26. The third kappa shape index (κ3) is 3.24. The molecule has 0 saturated carbocycles. The lowest BCUT2D eigenvalue weighted by Gasteiger charge is -2.08. The van der Waals surface area contributed by atoms with Gasteiger partial charge >= 0.3 is 5.97 Å².